The first-order valence-electron chi connectivity index (χ1n) is 8.26. The summed E-state index contributed by atoms with van der Waals surface area (Å²) >= 11 is 1.34. The number of carbonyl (C=O) groups is 2. The average molecular weight is 358 g/mol. The summed E-state index contributed by atoms with van der Waals surface area (Å²) in [5.74, 6) is -0.720. The van der Waals surface area contributed by atoms with Gasteiger partial charge in [-0.1, -0.05) is 41.7 Å². The maximum atomic E-state index is 12.1. The first-order valence-corrected chi connectivity index (χ1v) is 9.07. The Kier molecular flexibility index (Phi) is 4.09. The topological polar surface area (TPSA) is 78.9 Å². The quantitative estimate of drug-likeness (QED) is 0.867. The number of fused-ring (bicyclic) bond motifs is 2. The van der Waals surface area contributed by atoms with Crippen LogP contribution >= 0.6 is 11.3 Å². The van der Waals surface area contributed by atoms with Crippen LogP contribution in [0.5, 0.6) is 0 Å². The van der Waals surface area contributed by atoms with Crippen molar-refractivity contribution in [2.24, 2.45) is 0 Å². The fraction of sp³-hybridized carbons (Fsp3) is 0.333. The van der Waals surface area contributed by atoms with E-state index in [1.807, 2.05) is 30.3 Å². The molecule has 2 N–H and O–H groups in total. The predicted octanol–water partition coefficient (Wildman–Crippen LogP) is 3.89. The number of anilines is 2. The van der Waals surface area contributed by atoms with Gasteiger partial charge < -0.3 is 14.7 Å². The van der Waals surface area contributed by atoms with Gasteiger partial charge in [0.25, 0.3) is 0 Å². The number of carboxylic acids is 1. The second kappa shape index (κ2) is 6.40. The molecule has 5 rings (SSSR count). The van der Waals surface area contributed by atoms with Crippen LogP contribution < -0.4 is 10.2 Å². The third kappa shape index (κ3) is 2.95. The molecule has 1 aromatic carbocycles. The van der Waals surface area contributed by atoms with Crippen molar-refractivity contribution in [1.29, 1.82) is 0 Å². The standard InChI is InChI=1S/C18H18N2O4S/c21-17(22)14-13-12-6-8-20(9-7-12)16(13)25-15(14)19-18(23)24-10-11-4-2-1-3-5-11/h1-5,12H,6-10H2,(H,19,23)(H,21,22). The molecule has 25 heavy (non-hydrogen) atoms. The Hall–Kier alpha value is -2.54. The minimum absolute atomic E-state index is 0.148. The number of aromatic carboxylic acids is 1. The molecule has 2 bridgehead atoms. The number of ether oxygens (including phenoxy) is 1. The Morgan fingerprint density at radius 1 is 1.24 bits per heavy atom. The van der Waals surface area contributed by atoms with Crippen molar-refractivity contribution in [2.75, 3.05) is 23.3 Å². The van der Waals surface area contributed by atoms with E-state index in [1.165, 1.54) is 11.3 Å². The maximum absolute atomic E-state index is 12.1. The Labute approximate surface area is 149 Å². The molecule has 0 saturated carbocycles. The van der Waals surface area contributed by atoms with Crippen LogP contribution in [0.4, 0.5) is 14.8 Å². The summed E-state index contributed by atoms with van der Waals surface area (Å²) in [6.45, 7) is 2.05. The van der Waals surface area contributed by atoms with Gasteiger partial charge in [0, 0.05) is 18.7 Å². The summed E-state index contributed by atoms with van der Waals surface area (Å²) in [6, 6.07) is 9.37. The molecule has 1 amide bonds. The van der Waals surface area contributed by atoms with Crippen molar-refractivity contribution in [3.8, 4) is 0 Å². The monoisotopic (exact) mass is 358 g/mol. The first kappa shape index (κ1) is 16.0. The lowest BCUT2D eigenvalue weighted by atomic mass is 9.84. The number of rotatable bonds is 4. The van der Waals surface area contributed by atoms with E-state index in [1.54, 1.807) is 0 Å². The summed E-state index contributed by atoms with van der Waals surface area (Å²) in [7, 11) is 0. The van der Waals surface area contributed by atoms with Crippen molar-refractivity contribution >= 4 is 33.4 Å². The highest BCUT2D eigenvalue weighted by atomic mass is 32.1. The number of carbonyl (C=O) groups excluding carboxylic acids is 1. The number of thiophene rings is 1. The molecule has 6 nitrogen and oxygen atoms in total. The normalized spacial score (nSPS) is 15.8. The molecule has 130 valence electrons. The number of nitrogens with one attached hydrogen (secondary N) is 1. The maximum Gasteiger partial charge on any atom is 0.412 e. The van der Waals surface area contributed by atoms with Gasteiger partial charge in [0.05, 0.1) is 10.6 Å². The van der Waals surface area contributed by atoms with E-state index in [0.717, 1.165) is 42.1 Å². The second-order valence-corrected chi connectivity index (χ2v) is 7.28. The SMILES string of the molecule is O=C(Nc1sc2c(c1C(=O)O)C1CCN2CC1)OCc1ccccc1. The Morgan fingerprint density at radius 3 is 2.64 bits per heavy atom. The fourth-order valence-electron chi connectivity index (χ4n) is 3.57. The minimum atomic E-state index is -0.996. The minimum Gasteiger partial charge on any atom is -0.478 e. The number of hydrogen-bond donors (Lipinski definition) is 2. The molecule has 0 spiro atoms. The Morgan fingerprint density at radius 2 is 1.96 bits per heavy atom. The molecular formula is C18H18N2O4S. The average Bonchev–Trinajstić information content (AvgIpc) is 3.03. The zero-order valence-corrected chi connectivity index (χ0v) is 14.3. The van der Waals surface area contributed by atoms with E-state index in [9.17, 15) is 14.7 Å². The summed E-state index contributed by atoms with van der Waals surface area (Å²) in [5, 5.41) is 13.6. The highest BCUT2D eigenvalue weighted by Gasteiger charge is 2.38. The molecule has 1 aromatic heterocycles. The van der Waals surface area contributed by atoms with Crippen molar-refractivity contribution in [3.05, 3.63) is 47.0 Å². The summed E-state index contributed by atoms with van der Waals surface area (Å²) in [6.07, 6.45) is 1.32. The van der Waals surface area contributed by atoms with Crippen LogP contribution in [0.3, 0.4) is 0 Å². The second-order valence-electron chi connectivity index (χ2n) is 6.28. The lowest BCUT2D eigenvalue weighted by Gasteiger charge is -2.40. The molecular weight excluding hydrogens is 340 g/mol. The van der Waals surface area contributed by atoms with Crippen molar-refractivity contribution in [2.45, 2.75) is 25.4 Å². The number of amides is 1. The van der Waals surface area contributed by atoms with Crippen molar-refractivity contribution < 1.29 is 19.4 Å². The van der Waals surface area contributed by atoms with Crippen molar-refractivity contribution in [1.82, 2.24) is 0 Å². The van der Waals surface area contributed by atoms with Crippen LogP contribution in [-0.4, -0.2) is 30.3 Å². The van der Waals surface area contributed by atoms with Gasteiger partial charge in [0.1, 0.15) is 11.6 Å². The lowest BCUT2D eigenvalue weighted by Crippen LogP contribution is -2.38. The van der Waals surface area contributed by atoms with E-state index in [-0.39, 0.29) is 18.1 Å². The van der Waals surface area contributed by atoms with Gasteiger partial charge in [0.15, 0.2) is 0 Å². The molecule has 4 heterocycles. The third-order valence-corrected chi connectivity index (χ3v) is 5.94. The summed E-state index contributed by atoms with van der Waals surface area (Å²) < 4.78 is 5.22. The Balaban J connectivity index is 1.53. The van der Waals surface area contributed by atoms with Crippen LogP contribution in [0.1, 0.15) is 40.2 Å². The van der Waals surface area contributed by atoms with Crippen LogP contribution in [0, 0.1) is 0 Å². The molecule has 3 aliphatic rings. The number of piperidine rings is 1. The molecule has 1 fully saturated rings. The van der Waals surface area contributed by atoms with Gasteiger partial charge in [0.2, 0.25) is 0 Å². The number of benzene rings is 1. The van der Waals surface area contributed by atoms with Crippen LogP contribution in [-0.2, 0) is 11.3 Å². The summed E-state index contributed by atoms with van der Waals surface area (Å²) in [4.78, 5) is 26.1. The Bertz CT molecular complexity index is 810. The summed E-state index contributed by atoms with van der Waals surface area (Å²) in [5.41, 5.74) is 1.99. The van der Waals surface area contributed by atoms with Crippen LogP contribution in [0.15, 0.2) is 30.3 Å². The van der Waals surface area contributed by atoms with E-state index in [4.69, 9.17) is 4.74 Å². The molecule has 2 aromatic rings. The van der Waals surface area contributed by atoms with E-state index in [0.29, 0.717) is 5.00 Å². The van der Waals surface area contributed by atoms with Crippen LogP contribution in [0.2, 0.25) is 0 Å². The molecule has 7 heteroatoms. The first-order chi connectivity index (χ1) is 12.1. The van der Waals surface area contributed by atoms with E-state index in [2.05, 4.69) is 10.2 Å². The fourth-order valence-corrected chi connectivity index (χ4v) is 4.89. The smallest absolute Gasteiger partial charge is 0.412 e. The van der Waals surface area contributed by atoms with Gasteiger partial charge in [-0.3, -0.25) is 5.32 Å². The highest BCUT2D eigenvalue weighted by molar-refractivity contribution is 7.20. The molecule has 0 unspecified atom stereocenters. The van der Waals surface area contributed by atoms with Gasteiger partial charge in [-0.15, -0.1) is 0 Å². The third-order valence-electron chi connectivity index (χ3n) is 4.76. The number of carboxylic acid groups (broad SMARTS) is 1. The molecule has 0 radical (unpaired) electrons. The van der Waals surface area contributed by atoms with Gasteiger partial charge in [-0.2, -0.15) is 0 Å². The van der Waals surface area contributed by atoms with E-state index < -0.39 is 12.1 Å². The zero-order valence-electron chi connectivity index (χ0n) is 13.5. The number of hydrogen-bond acceptors (Lipinski definition) is 5. The van der Waals surface area contributed by atoms with Gasteiger partial charge >= 0.3 is 12.1 Å². The van der Waals surface area contributed by atoms with E-state index >= 15 is 0 Å². The zero-order chi connectivity index (χ0) is 17.4. The molecule has 3 aliphatic heterocycles. The predicted molar refractivity (Wildman–Crippen MR) is 95.7 cm³/mol. The molecule has 0 atom stereocenters. The number of nitrogens with zero attached hydrogens (tertiary/aromatic N) is 1. The van der Waals surface area contributed by atoms with Gasteiger partial charge in [-0.25, -0.2) is 9.59 Å². The van der Waals surface area contributed by atoms with Crippen LogP contribution in [0.25, 0.3) is 0 Å². The lowest BCUT2D eigenvalue weighted by molar-refractivity contribution is 0.0696. The molecule has 1 saturated heterocycles. The largest absolute Gasteiger partial charge is 0.478 e. The van der Waals surface area contributed by atoms with Crippen molar-refractivity contribution in [3.63, 3.8) is 0 Å². The molecule has 0 aliphatic carbocycles. The van der Waals surface area contributed by atoms with Gasteiger partial charge in [-0.05, 0) is 24.3 Å². The highest BCUT2D eigenvalue weighted by Crippen LogP contribution is 2.51.